The summed E-state index contributed by atoms with van der Waals surface area (Å²) in [6.07, 6.45) is 28.6. The van der Waals surface area contributed by atoms with Crippen LogP contribution in [0, 0.1) is 0 Å². The summed E-state index contributed by atoms with van der Waals surface area (Å²) in [5, 5.41) is 24.6. The first-order valence-electron chi connectivity index (χ1n) is 20.5. The van der Waals surface area contributed by atoms with Crippen molar-refractivity contribution in [1.29, 1.82) is 0 Å². The third-order valence-electron chi connectivity index (χ3n) is 9.45. The first-order valence-corrected chi connectivity index (χ1v) is 22.0. The molecule has 0 saturated carbocycles. The van der Waals surface area contributed by atoms with Crippen LogP contribution in [0.1, 0.15) is 187 Å². The number of phosphoric ester groups is 1. The molecule has 0 aliphatic rings. The number of hydrogen-bond acceptors (Lipinski definition) is 6. The number of carbonyl (C=O) groups excluding carboxylic acids is 1. The minimum Gasteiger partial charge on any atom is -0.390 e. The van der Waals surface area contributed by atoms with Gasteiger partial charge in [-0.15, -0.1) is 0 Å². The molecule has 49 heavy (non-hydrogen) atoms. The van der Waals surface area contributed by atoms with E-state index in [2.05, 4.69) is 19.2 Å². The zero-order chi connectivity index (χ0) is 36.6. The van der Waals surface area contributed by atoms with Gasteiger partial charge in [-0.25, -0.2) is 4.57 Å². The molecule has 0 aromatic rings. The van der Waals surface area contributed by atoms with Crippen molar-refractivity contribution in [3.8, 4) is 0 Å². The number of nitrogens with zero attached hydrogens (tertiary/aromatic N) is 1. The van der Waals surface area contributed by atoms with Gasteiger partial charge in [0.1, 0.15) is 19.3 Å². The van der Waals surface area contributed by atoms with Gasteiger partial charge >= 0.3 is 7.82 Å². The average Bonchev–Trinajstić information content (AvgIpc) is 3.04. The maximum atomic E-state index is 12.8. The van der Waals surface area contributed by atoms with Gasteiger partial charge < -0.3 is 24.9 Å². The normalized spacial score (nSPS) is 15.2. The largest absolute Gasteiger partial charge is 0.472 e. The van der Waals surface area contributed by atoms with Crippen molar-refractivity contribution < 1.29 is 38.0 Å². The lowest BCUT2D eigenvalue weighted by Crippen LogP contribution is -2.51. The maximum Gasteiger partial charge on any atom is 0.472 e. The summed E-state index contributed by atoms with van der Waals surface area (Å²) >= 11 is 0. The Balaban J connectivity index is 4.56. The van der Waals surface area contributed by atoms with Crippen molar-refractivity contribution >= 4 is 13.7 Å². The van der Waals surface area contributed by atoms with E-state index in [1.807, 2.05) is 21.1 Å². The fraction of sp³-hybridized carbons (Fsp3) is 0.974. The Morgan fingerprint density at radius 3 is 1.43 bits per heavy atom. The summed E-state index contributed by atoms with van der Waals surface area (Å²) in [6.45, 7) is 4.59. The van der Waals surface area contributed by atoms with Gasteiger partial charge in [-0.3, -0.25) is 13.8 Å². The molecular formula is C39H82N2O7P+. The summed E-state index contributed by atoms with van der Waals surface area (Å²) < 4.78 is 23.4. The molecule has 0 aliphatic heterocycles. The molecule has 0 aromatic carbocycles. The van der Waals surface area contributed by atoms with Crippen LogP contribution >= 0.6 is 7.82 Å². The molecule has 0 bridgehead atoms. The second-order valence-electron chi connectivity index (χ2n) is 15.5. The van der Waals surface area contributed by atoms with Crippen molar-refractivity contribution in [3.05, 3.63) is 0 Å². The number of nitrogens with one attached hydrogen (secondary N) is 1. The summed E-state index contributed by atoms with van der Waals surface area (Å²) in [4.78, 5) is 23.1. The number of unbranched alkanes of at least 4 members (excludes halogenated alkanes) is 23. The van der Waals surface area contributed by atoms with E-state index < -0.39 is 32.7 Å². The second-order valence-corrected chi connectivity index (χ2v) is 17.0. The summed E-state index contributed by atoms with van der Waals surface area (Å²) in [6, 6.07) is -1.02. The molecule has 2 unspecified atom stereocenters. The quantitative estimate of drug-likeness (QED) is 0.0286. The molecule has 0 rings (SSSR count). The van der Waals surface area contributed by atoms with Crippen LogP contribution in [-0.2, 0) is 18.4 Å². The number of carbonyl (C=O) groups is 1. The van der Waals surface area contributed by atoms with Crippen molar-refractivity contribution in [1.82, 2.24) is 5.32 Å². The summed E-state index contributed by atoms with van der Waals surface area (Å²) in [5.41, 5.74) is 0. The van der Waals surface area contributed by atoms with Crippen LogP contribution in [0.4, 0.5) is 0 Å². The number of phosphoric acid groups is 1. The highest BCUT2D eigenvalue weighted by Crippen LogP contribution is 2.43. The van der Waals surface area contributed by atoms with Crippen LogP contribution in [0.25, 0.3) is 0 Å². The number of aliphatic hydroxyl groups is 2. The standard InChI is InChI=1S/C39H81N2O7P/c1-6-8-10-12-14-16-18-20-22-24-26-28-30-32-38(43)40-36(35-48-49(45,46)47-34-33-41(3,4)5)39(44)37(42)31-29-27-25-23-21-19-17-15-13-11-9-7-2/h36-37,39,42,44H,6-35H2,1-5H3,(H-,40,43,45,46)/p+1/t36-,37?,39-/m0/s1. The van der Waals surface area contributed by atoms with E-state index in [9.17, 15) is 24.5 Å². The molecule has 0 aromatic heterocycles. The van der Waals surface area contributed by atoms with Crippen LogP contribution < -0.4 is 5.32 Å². The van der Waals surface area contributed by atoms with E-state index in [1.54, 1.807) is 0 Å². The van der Waals surface area contributed by atoms with E-state index in [4.69, 9.17) is 9.05 Å². The molecule has 294 valence electrons. The molecule has 0 saturated heterocycles. The van der Waals surface area contributed by atoms with E-state index in [0.717, 1.165) is 38.5 Å². The highest BCUT2D eigenvalue weighted by Gasteiger charge is 2.31. The zero-order valence-corrected chi connectivity index (χ0v) is 33.7. The van der Waals surface area contributed by atoms with Crippen LogP contribution in [0.15, 0.2) is 0 Å². The Hall–Kier alpha value is -0.540. The summed E-state index contributed by atoms with van der Waals surface area (Å²) in [5.74, 6) is -0.257. The maximum absolute atomic E-state index is 12.8. The molecule has 0 heterocycles. The predicted molar refractivity (Wildman–Crippen MR) is 205 cm³/mol. The number of hydrogen-bond donors (Lipinski definition) is 4. The predicted octanol–water partition coefficient (Wildman–Crippen LogP) is 9.61. The monoisotopic (exact) mass is 722 g/mol. The van der Waals surface area contributed by atoms with Gasteiger partial charge in [0.05, 0.1) is 39.9 Å². The third-order valence-corrected chi connectivity index (χ3v) is 10.4. The van der Waals surface area contributed by atoms with E-state index in [-0.39, 0.29) is 12.5 Å². The average molecular weight is 722 g/mol. The van der Waals surface area contributed by atoms with Crippen molar-refractivity contribution in [3.63, 3.8) is 0 Å². The number of amides is 1. The van der Waals surface area contributed by atoms with Gasteiger partial charge in [-0.05, 0) is 12.8 Å². The smallest absolute Gasteiger partial charge is 0.390 e. The molecule has 0 fully saturated rings. The number of aliphatic hydroxyl groups excluding tert-OH is 2. The first-order chi connectivity index (χ1) is 23.4. The van der Waals surface area contributed by atoms with E-state index in [0.29, 0.717) is 23.9 Å². The van der Waals surface area contributed by atoms with Gasteiger partial charge in [-0.1, -0.05) is 168 Å². The Bertz CT molecular complexity index is 796. The molecule has 0 spiro atoms. The molecule has 4 N–H and O–H groups in total. The van der Waals surface area contributed by atoms with Crippen LogP contribution in [0.3, 0.4) is 0 Å². The van der Waals surface area contributed by atoms with Crippen LogP contribution in [0.5, 0.6) is 0 Å². The minimum absolute atomic E-state index is 0.0253. The Morgan fingerprint density at radius 1 is 0.633 bits per heavy atom. The van der Waals surface area contributed by atoms with Crippen LogP contribution in [0.2, 0.25) is 0 Å². The lowest BCUT2D eigenvalue weighted by molar-refractivity contribution is -0.870. The fourth-order valence-corrected chi connectivity index (χ4v) is 6.82. The topological polar surface area (TPSA) is 125 Å². The van der Waals surface area contributed by atoms with Crippen LogP contribution in [-0.4, -0.2) is 84.6 Å². The molecule has 4 atom stereocenters. The number of rotatable bonds is 37. The third kappa shape index (κ3) is 33.1. The first kappa shape index (κ1) is 48.5. The minimum atomic E-state index is -4.40. The molecule has 9 nitrogen and oxygen atoms in total. The van der Waals surface area contributed by atoms with Crippen molar-refractivity contribution in [2.75, 3.05) is 40.9 Å². The van der Waals surface area contributed by atoms with Gasteiger partial charge in [0.25, 0.3) is 0 Å². The lowest BCUT2D eigenvalue weighted by atomic mass is 9.99. The molecule has 1 amide bonds. The highest BCUT2D eigenvalue weighted by molar-refractivity contribution is 7.47. The van der Waals surface area contributed by atoms with Gasteiger partial charge in [0, 0.05) is 6.42 Å². The van der Waals surface area contributed by atoms with Gasteiger partial charge in [-0.2, -0.15) is 0 Å². The summed E-state index contributed by atoms with van der Waals surface area (Å²) in [7, 11) is 1.44. The number of quaternary nitrogens is 1. The highest BCUT2D eigenvalue weighted by atomic mass is 31.2. The SMILES string of the molecule is CCCCCCCCCCCCCCCC(=O)N[C@@H](COP(=O)(O)OCC[N+](C)(C)C)[C@H](O)C(O)CCCCCCCCCCCCCC. The molecule has 10 heteroatoms. The Kier molecular flexibility index (Phi) is 31.8. The van der Waals surface area contributed by atoms with Crippen molar-refractivity contribution in [2.45, 2.75) is 205 Å². The Morgan fingerprint density at radius 2 is 1.02 bits per heavy atom. The Labute approximate surface area is 302 Å². The lowest BCUT2D eigenvalue weighted by Gasteiger charge is -2.28. The number of likely N-dealkylation sites (N-methyl/N-ethyl adjacent to an activating group) is 1. The van der Waals surface area contributed by atoms with Gasteiger partial charge in [0.15, 0.2) is 0 Å². The zero-order valence-electron chi connectivity index (χ0n) is 32.8. The molecule has 0 radical (unpaired) electrons. The molecular weight excluding hydrogens is 639 g/mol. The van der Waals surface area contributed by atoms with Crippen molar-refractivity contribution in [2.24, 2.45) is 0 Å². The fourth-order valence-electron chi connectivity index (χ4n) is 6.08. The molecule has 0 aliphatic carbocycles. The van der Waals surface area contributed by atoms with E-state index >= 15 is 0 Å². The van der Waals surface area contributed by atoms with Gasteiger partial charge in [0.2, 0.25) is 5.91 Å². The second kappa shape index (κ2) is 32.1. The van der Waals surface area contributed by atoms with E-state index in [1.165, 1.54) is 122 Å².